The first-order valence-corrected chi connectivity index (χ1v) is 5.19. The van der Waals surface area contributed by atoms with Gasteiger partial charge in [-0.2, -0.15) is 5.10 Å². The molecule has 0 bridgehead atoms. The van der Waals surface area contributed by atoms with E-state index in [9.17, 15) is 9.18 Å². The van der Waals surface area contributed by atoms with Crippen LogP contribution in [-0.2, 0) is 6.54 Å². The molecule has 1 aromatic carbocycles. The summed E-state index contributed by atoms with van der Waals surface area (Å²) in [6.07, 6.45) is 3.28. The van der Waals surface area contributed by atoms with Crippen LogP contribution in [0.2, 0.25) is 0 Å². The van der Waals surface area contributed by atoms with Gasteiger partial charge in [-0.25, -0.2) is 4.39 Å². The maximum atomic E-state index is 13.4. The molecule has 4 nitrogen and oxygen atoms in total. The van der Waals surface area contributed by atoms with Crippen LogP contribution in [-0.4, -0.2) is 16.1 Å². The van der Waals surface area contributed by atoms with Gasteiger partial charge in [0.1, 0.15) is 5.82 Å². The van der Waals surface area contributed by atoms with Gasteiger partial charge in [0, 0.05) is 18.3 Å². The maximum Gasteiger partial charge on any atom is 0.254 e. The summed E-state index contributed by atoms with van der Waals surface area (Å²) >= 11 is 0. The van der Waals surface area contributed by atoms with Gasteiger partial charge >= 0.3 is 0 Å². The molecule has 5 heteroatoms. The van der Waals surface area contributed by atoms with Gasteiger partial charge in [0.2, 0.25) is 0 Å². The molecule has 0 fully saturated rings. The van der Waals surface area contributed by atoms with Crippen molar-refractivity contribution >= 4 is 5.91 Å². The van der Waals surface area contributed by atoms with E-state index in [2.05, 4.69) is 15.5 Å². The standard InChI is InChI=1S/C12H12FN3O/c1-8-2-3-11(13)10(4-8)12(17)14-5-9-6-15-16-7-9/h2-4,6-7H,5H2,1H3,(H,14,17)(H,15,16). The van der Waals surface area contributed by atoms with E-state index in [-0.39, 0.29) is 5.56 Å². The van der Waals surface area contributed by atoms with Gasteiger partial charge in [0.05, 0.1) is 11.8 Å². The number of hydrogen-bond acceptors (Lipinski definition) is 2. The molecule has 0 spiro atoms. The number of aromatic nitrogens is 2. The normalized spacial score (nSPS) is 10.2. The highest BCUT2D eigenvalue weighted by Crippen LogP contribution is 2.10. The molecule has 0 radical (unpaired) electrons. The predicted octanol–water partition coefficient (Wildman–Crippen LogP) is 1.79. The molecule has 2 rings (SSSR count). The molecule has 2 aromatic rings. The number of benzene rings is 1. The summed E-state index contributed by atoms with van der Waals surface area (Å²) < 4.78 is 13.4. The Balaban J connectivity index is 2.07. The summed E-state index contributed by atoms with van der Waals surface area (Å²) in [7, 11) is 0. The predicted molar refractivity (Wildman–Crippen MR) is 60.9 cm³/mol. The van der Waals surface area contributed by atoms with Gasteiger partial charge in [0.25, 0.3) is 5.91 Å². The molecule has 0 aliphatic heterocycles. The molecule has 1 aromatic heterocycles. The first-order valence-electron chi connectivity index (χ1n) is 5.19. The van der Waals surface area contributed by atoms with E-state index in [1.807, 2.05) is 6.92 Å². The van der Waals surface area contributed by atoms with Crippen LogP contribution >= 0.6 is 0 Å². The van der Waals surface area contributed by atoms with Crippen LogP contribution in [0, 0.1) is 12.7 Å². The average Bonchev–Trinajstić information content (AvgIpc) is 2.82. The summed E-state index contributed by atoms with van der Waals surface area (Å²) in [6.45, 7) is 2.13. The minimum atomic E-state index is -0.514. The molecule has 0 unspecified atom stereocenters. The molecule has 1 amide bonds. The van der Waals surface area contributed by atoms with Crippen LogP contribution in [0.15, 0.2) is 30.6 Å². The smallest absolute Gasteiger partial charge is 0.254 e. The van der Waals surface area contributed by atoms with Crippen LogP contribution in [0.4, 0.5) is 4.39 Å². The van der Waals surface area contributed by atoms with Crippen molar-refractivity contribution < 1.29 is 9.18 Å². The number of carbonyl (C=O) groups is 1. The van der Waals surface area contributed by atoms with E-state index < -0.39 is 11.7 Å². The van der Waals surface area contributed by atoms with Gasteiger partial charge < -0.3 is 5.32 Å². The largest absolute Gasteiger partial charge is 0.348 e. The zero-order valence-corrected chi connectivity index (χ0v) is 9.33. The Hall–Kier alpha value is -2.17. The zero-order valence-electron chi connectivity index (χ0n) is 9.33. The van der Waals surface area contributed by atoms with Crippen molar-refractivity contribution in [3.05, 3.63) is 53.1 Å². The molecule has 0 aliphatic carbocycles. The number of nitrogens with one attached hydrogen (secondary N) is 2. The monoisotopic (exact) mass is 233 g/mol. The summed E-state index contributed by atoms with van der Waals surface area (Å²) in [5.74, 6) is -0.937. The Morgan fingerprint density at radius 1 is 1.53 bits per heavy atom. The van der Waals surface area contributed by atoms with Crippen molar-refractivity contribution in [1.82, 2.24) is 15.5 Å². The minimum absolute atomic E-state index is 0.0634. The fourth-order valence-electron chi connectivity index (χ4n) is 1.46. The van der Waals surface area contributed by atoms with Crippen molar-refractivity contribution in [2.24, 2.45) is 0 Å². The lowest BCUT2D eigenvalue weighted by Gasteiger charge is -2.05. The second kappa shape index (κ2) is 4.78. The summed E-state index contributed by atoms with van der Waals surface area (Å²) in [5.41, 5.74) is 1.75. The Kier molecular flexibility index (Phi) is 3.18. The topological polar surface area (TPSA) is 57.8 Å². The quantitative estimate of drug-likeness (QED) is 0.849. The number of nitrogens with zero attached hydrogens (tertiary/aromatic N) is 1. The van der Waals surface area contributed by atoms with E-state index in [0.717, 1.165) is 11.1 Å². The second-order valence-corrected chi connectivity index (χ2v) is 3.77. The van der Waals surface area contributed by atoms with Crippen molar-refractivity contribution in [3.8, 4) is 0 Å². The lowest BCUT2D eigenvalue weighted by Crippen LogP contribution is -2.23. The molecule has 0 atom stereocenters. The van der Waals surface area contributed by atoms with Crippen LogP contribution in [0.1, 0.15) is 21.5 Å². The van der Waals surface area contributed by atoms with E-state index in [4.69, 9.17) is 0 Å². The Morgan fingerprint density at radius 3 is 3.06 bits per heavy atom. The number of hydrogen-bond donors (Lipinski definition) is 2. The number of carbonyl (C=O) groups excluding carboxylic acids is 1. The SMILES string of the molecule is Cc1ccc(F)c(C(=O)NCc2cn[nH]c2)c1. The first kappa shape index (κ1) is 11.3. The van der Waals surface area contributed by atoms with Gasteiger partial charge in [-0.1, -0.05) is 11.6 Å². The molecule has 2 N–H and O–H groups in total. The summed E-state index contributed by atoms with van der Waals surface area (Å²) in [5, 5.41) is 9.02. The third-order valence-electron chi connectivity index (χ3n) is 2.37. The van der Waals surface area contributed by atoms with Gasteiger partial charge in [-0.3, -0.25) is 9.89 Å². The van der Waals surface area contributed by atoms with Crippen molar-refractivity contribution in [2.45, 2.75) is 13.5 Å². The first-order chi connectivity index (χ1) is 8.16. The maximum absolute atomic E-state index is 13.4. The number of amides is 1. The van der Waals surface area contributed by atoms with Crippen molar-refractivity contribution in [1.29, 1.82) is 0 Å². The fourth-order valence-corrected chi connectivity index (χ4v) is 1.46. The number of H-pyrrole nitrogens is 1. The Labute approximate surface area is 97.9 Å². The molecular formula is C12H12FN3O. The van der Waals surface area contributed by atoms with Crippen LogP contribution in [0.3, 0.4) is 0 Å². The summed E-state index contributed by atoms with van der Waals surface area (Å²) in [4.78, 5) is 11.7. The third-order valence-corrected chi connectivity index (χ3v) is 2.37. The highest BCUT2D eigenvalue weighted by Gasteiger charge is 2.11. The number of aryl methyl sites for hydroxylation is 1. The molecule has 0 aliphatic rings. The van der Waals surface area contributed by atoms with Crippen LogP contribution in [0.25, 0.3) is 0 Å². The Morgan fingerprint density at radius 2 is 2.35 bits per heavy atom. The molecule has 88 valence electrons. The highest BCUT2D eigenvalue weighted by atomic mass is 19.1. The van der Waals surface area contributed by atoms with Crippen molar-refractivity contribution in [3.63, 3.8) is 0 Å². The minimum Gasteiger partial charge on any atom is -0.348 e. The van der Waals surface area contributed by atoms with E-state index >= 15 is 0 Å². The Bertz CT molecular complexity index is 523. The average molecular weight is 233 g/mol. The number of aromatic amines is 1. The highest BCUT2D eigenvalue weighted by molar-refractivity contribution is 5.94. The van der Waals surface area contributed by atoms with Gasteiger partial charge in [0.15, 0.2) is 0 Å². The van der Waals surface area contributed by atoms with E-state index in [1.165, 1.54) is 12.1 Å². The second-order valence-electron chi connectivity index (χ2n) is 3.77. The van der Waals surface area contributed by atoms with Gasteiger partial charge in [-0.05, 0) is 19.1 Å². The lowest BCUT2D eigenvalue weighted by atomic mass is 10.1. The molecule has 0 saturated carbocycles. The summed E-state index contributed by atoms with van der Waals surface area (Å²) in [6, 6.07) is 4.45. The molecular weight excluding hydrogens is 221 g/mol. The van der Waals surface area contributed by atoms with Crippen LogP contribution < -0.4 is 5.32 Å². The number of halogens is 1. The molecule has 0 saturated heterocycles. The van der Waals surface area contributed by atoms with Gasteiger partial charge in [-0.15, -0.1) is 0 Å². The molecule has 1 heterocycles. The van der Waals surface area contributed by atoms with E-state index in [1.54, 1.807) is 18.5 Å². The van der Waals surface area contributed by atoms with Crippen molar-refractivity contribution in [2.75, 3.05) is 0 Å². The number of rotatable bonds is 3. The zero-order chi connectivity index (χ0) is 12.3. The van der Waals surface area contributed by atoms with Crippen LogP contribution in [0.5, 0.6) is 0 Å². The fraction of sp³-hybridized carbons (Fsp3) is 0.167. The lowest BCUT2D eigenvalue weighted by molar-refractivity contribution is 0.0947. The van der Waals surface area contributed by atoms with E-state index in [0.29, 0.717) is 6.54 Å². The third kappa shape index (κ3) is 2.69. The molecule has 17 heavy (non-hydrogen) atoms.